The third kappa shape index (κ3) is 5.08. The fourth-order valence-electron chi connectivity index (χ4n) is 3.13. The molecule has 0 atom stereocenters. The van der Waals surface area contributed by atoms with Crippen LogP contribution in [0.3, 0.4) is 0 Å². The number of amides is 1. The van der Waals surface area contributed by atoms with Gasteiger partial charge in [0.2, 0.25) is 0 Å². The normalized spacial score (nSPS) is 11.0. The van der Waals surface area contributed by atoms with Gasteiger partial charge in [-0.3, -0.25) is 14.6 Å². The summed E-state index contributed by atoms with van der Waals surface area (Å²) < 4.78 is 1.56. The van der Waals surface area contributed by atoms with Crippen LogP contribution in [-0.2, 0) is 6.54 Å². The summed E-state index contributed by atoms with van der Waals surface area (Å²) in [5, 5.41) is 0. The van der Waals surface area contributed by atoms with Crippen LogP contribution in [0.1, 0.15) is 34.0 Å². The molecule has 0 saturated carbocycles. The molecule has 3 aromatic rings. The van der Waals surface area contributed by atoms with E-state index < -0.39 is 0 Å². The van der Waals surface area contributed by atoms with Crippen molar-refractivity contribution >= 4 is 12.0 Å². The van der Waals surface area contributed by atoms with Crippen molar-refractivity contribution in [3.63, 3.8) is 0 Å². The first-order valence-electron chi connectivity index (χ1n) is 9.70. The van der Waals surface area contributed by atoms with E-state index in [4.69, 9.17) is 0 Å². The molecule has 0 fully saturated rings. The van der Waals surface area contributed by atoms with Crippen LogP contribution in [0.4, 0.5) is 0 Å². The van der Waals surface area contributed by atoms with Crippen LogP contribution < -0.4 is 5.56 Å². The Hall–Kier alpha value is -3.47. The quantitative estimate of drug-likeness (QED) is 0.620. The highest BCUT2D eigenvalue weighted by molar-refractivity contribution is 5.95. The molecule has 0 aliphatic heterocycles. The number of hydrogen-bond donors (Lipinski definition) is 0. The van der Waals surface area contributed by atoms with Crippen molar-refractivity contribution in [3.8, 4) is 0 Å². The summed E-state index contributed by atoms with van der Waals surface area (Å²) in [6.07, 6.45) is 9.07. The molecule has 0 aliphatic rings. The number of carbonyl (C=O) groups is 1. The molecule has 148 valence electrons. The van der Waals surface area contributed by atoms with E-state index in [1.807, 2.05) is 67.6 Å². The third-order valence-corrected chi connectivity index (χ3v) is 4.77. The molecular weight excluding hydrogens is 362 g/mol. The molecule has 5 heteroatoms. The standard InChI is InChI=1S/C24H25N3O2/c1-3-26(15-8-12-20-9-5-4-6-10-20)23(28)22-19(2)13-16-27(24(22)29)18-21-11-7-14-25-17-21/h4-14,16-17H,3,15,18H2,1-2H3/b12-8+. The maximum atomic E-state index is 13.1. The zero-order valence-electron chi connectivity index (χ0n) is 16.8. The first kappa shape index (κ1) is 20.3. The summed E-state index contributed by atoms with van der Waals surface area (Å²) in [5.41, 5.74) is 2.63. The predicted octanol–water partition coefficient (Wildman–Crippen LogP) is 3.78. The predicted molar refractivity (Wildman–Crippen MR) is 116 cm³/mol. The summed E-state index contributed by atoms with van der Waals surface area (Å²) >= 11 is 0. The number of carbonyl (C=O) groups excluding carboxylic acids is 1. The molecule has 3 rings (SSSR count). The number of likely N-dealkylation sites (N-methyl/N-ethyl adjacent to an activating group) is 1. The smallest absolute Gasteiger partial charge is 0.263 e. The van der Waals surface area contributed by atoms with Crippen molar-refractivity contribution in [2.75, 3.05) is 13.1 Å². The van der Waals surface area contributed by atoms with Gasteiger partial charge in [0.15, 0.2) is 0 Å². The molecule has 2 aromatic heterocycles. The molecule has 1 amide bonds. The van der Waals surface area contributed by atoms with Crippen LogP contribution >= 0.6 is 0 Å². The number of benzene rings is 1. The Kier molecular flexibility index (Phi) is 6.74. The Balaban J connectivity index is 1.82. The fraction of sp³-hybridized carbons (Fsp3) is 0.208. The average molecular weight is 387 g/mol. The largest absolute Gasteiger partial charge is 0.335 e. The van der Waals surface area contributed by atoms with Gasteiger partial charge in [0, 0.05) is 31.7 Å². The van der Waals surface area contributed by atoms with Crippen LogP contribution in [0.25, 0.3) is 6.08 Å². The average Bonchev–Trinajstić information content (AvgIpc) is 2.75. The summed E-state index contributed by atoms with van der Waals surface area (Å²) in [6, 6.07) is 15.5. The number of hydrogen-bond acceptors (Lipinski definition) is 3. The minimum Gasteiger partial charge on any atom is -0.335 e. The molecule has 0 N–H and O–H groups in total. The van der Waals surface area contributed by atoms with E-state index in [0.717, 1.165) is 11.1 Å². The van der Waals surface area contributed by atoms with Crippen molar-refractivity contribution in [2.45, 2.75) is 20.4 Å². The summed E-state index contributed by atoms with van der Waals surface area (Å²) in [6.45, 7) is 5.07. The monoisotopic (exact) mass is 387 g/mol. The Bertz CT molecular complexity index is 1040. The highest BCUT2D eigenvalue weighted by atomic mass is 16.2. The molecule has 2 heterocycles. The SMILES string of the molecule is CCN(C/C=C/c1ccccc1)C(=O)c1c(C)ccn(Cc2cccnc2)c1=O. The first-order valence-corrected chi connectivity index (χ1v) is 9.70. The topological polar surface area (TPSA) is 55.2 Å². The van der Waals surface area contributed by atoms with Crippen molar-refractivity contribution < 1.29 is 4.79 Å². The molecule has 0 aliphatic carbocycles. The van der Waals surface area contributed by atoms with Crippen LogP contribution in [-0.4, -0.2) is 33.4 Å². The van der Waals surface area contributed by atoms with E-state index in [2.05, 4.69) is 4.98 Å². The summed E-state index contributed by atoms with van der Waals surface area (Å²) in [5.74, 6) is -0.242. The van der Waals surface area contributed by atoms with E-state index in [9.17, 15) is 9.59 Å². The molecule has 0 saturated heterocycles. The second-order valence-electron chi connectivity index (χ2n) is 6.82. The Morgan fingerprint density at radius 1 is 1.14 bits per heavy atom. The highest BCUT2D eigenvalue weighted by Crippen LogP contribution is 2.09. The van der Waals surface area contributed by atoms with Gasteiger partial charge in [-0.25, -0.2) is 0 Å². The van der Waals surface area contributed by atoms with E-state index in [-0.39, 0.29) is 17.0 Å². The summed E-state index contributed by atoms with van der Waals surface area (Å²) in [7, 11) is 0. The molecule has 0 bridgehead atoms. The van der Waals surface area contributed by atoms with Gasteiger partial charge in [0.05, 0.1) is 6.54 Å². The lowest BCUT2D eigenvalue weighted by Gasteiger charge is -2.20. The van der Waals surface area contributed by atoms with Gasteiger partial charge in [-0.15, -0.1) is 0 Å². The minimum absolute atomic E-state index is 0.228. The lowest BCUT2D eigenvalue weighted by Crippen LogP contribution is -2.37. The number of pyridine rings is 2. The van der Waals surface area contributed by atoms with Gasteiger partial charge >= 0.3 is 0 Å². The number of rotatable bonds is 7. The number of aryl methyl sites for hydroxylation is 1. The fourth-order valence-corrected chi connectivity index (χ4v) is 3.13. The van der Waals surface area contributed by atoms with Crippen molar-refractivity contribution in [2.24, 2.45) is 0 Å². The molecule has 5 nitrogen and oxygen atoms in total. The zero-order chi connectivity index (χ0) is 20.6. The maximum absolute atomic E-state index is 13.1. The molecule has 0 radical (unpaired) electrons. The van der Waals surface area contributed by atoms with Crippen LogP contribution in [0.2, 0.25) is 0 Å². The van der Waals surface area contributed by atoms with Crippen molar-refractivity contribution in [1.82, 2.24) is 14.5 Å². The van der Waals surface area contributed by atoms with Gasteiger partial charge in [-0.2, -0.15) is 0 Å². The first-order chi connectivity index (χ1) is 14.1. The number of aromatic nitrogens is 2. The Labute approximate surface area is 171 Å². The zero-order valence-corrected chi connectivity index (χ0v) is 16.8. The lowest BCUT2D eigenvalue weighted by atomic mass is 10.1. The van der Waals surface area contributed by atoms with Crippen LogP contribution in [0.15, 0.2) is 78.0 Å². The van der Waals surface area contributed by atoms with Gasteiger partial charge in [0.25, 0.3) is 11.5 Å². The van der Waals surface area contributed by atoms with Crippen molar-refractivity contribution in [3.05, 3.63) is 106 Å². The van der Waals surface area contributed by atoms with Crippen molar-refractivity contribution in [1.29, 1.82) is 0 Å². The van der Waals surface area contributed by atoms with Gasteiger partial charge in [0.1, 0.15) is 5.56 Å². The van der Waals surface area contributed by atoms with Crippen LogP contribution in [0, 0.1) is 6.92 Å². The van der Waals surface area contributed by atoms with Gasteiger partial charge in [-0.1, -0.05) is 48.6 Å². The highest BCUT2D eigenvalue weighted by Gasteiger charge is 2.20. The summed E-state index contributed by atoms with van der Waals surface area (Å²) in [4.78, 5) is 31.9. The Morgan fingerprint density at radius 2 is 1.93 bits per heavy atom. The molecule has 0 unspecified atom stereocenters. The van der Waals surface area contributed by atoms with E-state index in [1.54, 1.807) is 35.0 Å². The number of nitrogens with zero attached hydrogens (tertiary/aromatic N) is 3. The molecular formula is C24H25N3O2. The molecule has 0 spiro atoms. The molecule has 1 aromatic carbocycles. The second-order valence-corrected chi connectivity index (χ2v) is 6.82. The van der Waals surface area contributed by atoms with Gasteiger partial charge < -0.3 is 9.47 Å². The maximum Gasteiger partial charge on any atom is 0.263 e. The Morgan fingerprint density at radius 3 is 2.62 bits per heavy atom. The van der Waals surface area contributed by atoms with E-state index >= 15 is 0 Å². The minimum atomic E-state index is -0.274. The van der Waals surface area contributed by atoms with Gasteiger partial charge in [-0.05, 0) is 42.7 Å². The molecule has 29 heavy (non-hydrogen) atoms. The van der Waals surface area contributed by atoms with E-state index in [0.29, 0.717) is 25.2 Å². The van der Waals surface area contributed by atoms with Crippen LogP contribution in [0.5, 0.6) is 0 Å². The lowest BCUT2D eigenvalue weighted by molar-refractivity contribution is 0.0779. The second kappa shape index (κ2) is 9.64. The third-order valence-electron chi connectivity index (χ3n) is 4.77. The van der Waals surface area contributed by atoms with E-state index in [1.165, 1.54) is 0 Å².